The Bertz CT molecular complexity index is 742. The summed E-state index contributed by atoms with van der Waals surface area (Å²) in [6.07, 6.45) is 13.4. The molecule has 2 N–H and O–H groups in total. The normalized spacial score (nSPS) is 11.1. The number of hydrogen-bond acceptors (Lipinski definition) is 2. The van der Waals surface area contributed by atoms with E-state index in [1.54, 1.807) is 0 Å². The average molecular weight is 840 g/mol. The summed E-state index contributed by atoms with van der Waals surface area (Å²) < 4.78 is 3.03. The van der Waals surface area contributed by atoms with E-state index < -0.39 is 17.9 Å². The van der Waals surface area contributed by atoms with Gasteiger partial charge in [-0.1, -0.05) is 44.8 Å². The zero-order chi connectivity index (χ0) is 25.4. The molecule has 0 saturated carbocycles. The predicted molar refractivity (Wildman–Crippen MR) is 132 cm³/mol. The molecule has 2 aromatic carbocycles. The molecule has 0 aliphatic heterocycles. The molecule has 0 spiro atoms. The van der Waals surface area contributed by atoms with Gasteiger partial charge in [0.05, 0.1) is 12.3 Å². The molecule has 0 aliphatic carbocycles. The van der Waals surface area contributed by atoms with Gasteiger partial charge in [0.25, 0.3) is 0 Å². The van der Waals surface area contributed by atoms with Gasteiger partial charge in [0.2, 0.25) is 0 Å². The number of aliphatic carboxylic acids is 2. The van der Waals surface area contributed by atoms with E-state index in [9.17, 15) is 9.59 Å². The molecule has 0 bridgehead atoms. The fourth-order valence-corrected chi connectivity index (χ4v) is 5.18. The Balaban J connectivity index is 0.000000619. The molecule has 0 saturated heterocycles. The standard InChI is InChI=1S/C16H28O4.2C6H5.2Hg/c1-2-3-4-5-6-7-8-9-10-11-12-14(16(19)20)13-15(17)18;2*1-2-4-6-5-3-1;;/h8-9,14H,2-7,10-13H2,1H3,(H,17,18)(H,19,20);2*1-5H;;/b9-8+;;;;. The molecular weight excluding hydrogens is 801 g/mol. The van der Waals surface area contributed by atoms with Crippen molar-refractivity contribution in [3.63, 3.8) is 0 Å². The Morgan fingerprint density at radius 2 is 1.24 bits per heavy atom. The molecular formula is C28H38Hg2O4. The third-order valence-corrected chi connectivity index (χ3v) is 8.69. The van der Waals surface area contributed by atoms with E-state index in [0.29, 0.717) is 6.42 Å². The average Bonchev–Trinajstić information content (AvgIpc) is 2.81. The number of hydrogen-bond donors (Lipinski definition) is 2. The second kappa shape index (κ2) is 23.7. The molecule has 0 aromatic heterocycles. The number of carboxylic acid groups (broad SMARTS) is 2. The Labute approximate surface area is 238 Å². The maximum atomic E-state index is 10.8. The third-order valence-electron chi connectivity index (χ3n) is 5.02. The van der Waals surface area contributed by atoms with Crippen LogP contribution >= 0.6 is 0 Å². The van der Waals surface area contributed by atoms with Crippen LogP contribution in [0.1, 0.15) is 71.1 Å². The van der Waals surface area contributed by atoms with E-state index in [2.05, 4.69) is 79.7 Å². The van der Waals surface area contributed by atoms with Crippen LogP contribution in [-0.2, 0) is 61.8 Å². The van der Waals surface area contributed by atoms with E-state index in [4.69, 9.17) is 10.2 Å². The summed E-state index contributed by atoms with van der Waals surface area (Å²) in [7, 11) is 0. The first kappa shape index (κ1) is 33.0. The van der Waals surface area contributed by atoms with Gasteiger partial charge in [-0.2, -0.15) is 0 Å². The van der Waals surface area contributed by atoms with Crippen molar-refractivity contribution in [2.45, 2.75) is 71.1 Å². The first-order valence-electron chi connectivity index (χ1n) is 12.2. The fraction of sp³-hybridized carbons (Fsp3) is 0.429. The zero-order valence-corrected chi connectivity index (χ0v) is 31.7. The van der Waals surface area contributed by atoms with Crippen molar-refractivity contribution in [2.24, 2.45) is 5.92 Å². The molecule has 1 atom stereocenters. The molecule has 0 heterocycles. The Morgan fingerprint density at radius 3 is 1.62 bits per heavy atom. The van der Waals surface area contributed by atoms with E-state index in [0.717, 1.165) is 71.5 Å². The predicted octanol–water partition coefficient (Wildman–Crippen LogP) is 5.97. The fourth-order valence-electron chi connectivity index (χ4n) is 3.06. The van der Waals surface area contributed by atoms with Crippen LogP contribution in [0.15, 0.2) is 72.8 Å². The first-order valence-corrected chi connectivity index (χ1v) is 17.7. The van der Waals surface area contributed by atoms with Gasteiger partial charge in [-0.15, -0.1) is 0 Å². The summed E-state index contributed by atoms with van der Waals surface area (Å²) in [6.45, 7) is 2.20. The van der Waals surface area contributed by atoms with Crippen molar-refractivity contribution in [1.29, 1.82) is 0 Å². The van der Waals surface area contributed by atoms with Gasteiger partial charge >= 0.3 is 131 Å². The Hall–Kier alpha value is -1.01. The second-order valence-corrected chi connectivity index (χ2v) is 14.6. The first-order chi connectivity index (χ1) is 16.4. The number of benzene rings is 2. The van der Waals surface area contributed by atoms with Crippen molar-refractivity contribution >= 4 is 18.1 Å². The van der Waals surface area contributed by atoms with Crippen molar-refractivity contribution in [2.75, 3.05) is 0 Å². The summed E-state index contributed by atoms with van der Waals surface area (Å²) in [5.74, 6) is -2.80. The van der Waals surface area contributed by atoms with Crippen LogP contribution in [0.5, 0.6) is 0 Å². The van der Waals surface area contributed by atoms with Gasteiger partial charge in [0.1, 0.15) is 0 Å². The number of unbranched alkanes of at least 4 members (excludes halogenated alkanes) is 6. The molecule has 34 heavy (non-hydrogen) atoms. The Kier molecular flexibility index (Phi) is 23.0. The monoisotopic (exact) mass is 842 g/mol. The van der Waals surface area contributed by atoms with Crippen LogP contribution in [-0.4, -0.2) is 22.2 Å². The van der Waals surface area contributed by atoms with Crippen LogP contribution in [0.4, 0.5) is 0 Å². The van der Waals surface area contributed by atoms with Crippen LogP contribution in [0.3, 0.4) is 0 Å². The summed E-state index contributed by atoms with van der Waals surface area (Å²) in [5, 5.41) is 17.5. The molecule has 0 radical (unpaired) electrons. The van der Waals surface area contributed by atoms with E-state index in [1.807, 2.05) is 0 Å². The maximum absolute atomic E-state index is 10.8. The minimum atomic E-state index is -1.04. The van der Waals surface area contributed by atoms with Crippen molar-refractivity contribution in [1.82, 2.24) is 0 Å². The number of allylic oxidation sites excluding steroid dienone is 2. The summed E-state index contributed by atoms with van der Waals surface area (Å²) in [5.41, 5.74) is 0. The van der Waals surface area contributed by atoms with Crippen molar-refractivity contribution < 1.29 is 72.0 Å². The van der Waals surface area contributed by atoms with Gasteiger partial charge in [-0.3, -0.25) is 9.59 Å². The molecule has 4 nitrogen and oxygen atoms in total. The van der Waals surface area contributed by atoms with Gasteiger partial charge in [-0.25, -0.2) is 0 Å². The molecule has 1 unspecified atom stereocenters. The minimum absolute atomic E-state index is 0.281. The third kappa shape index (κ3) is 22.8. The van der Waals surface area contributed by atoms with Gasteiger partial charge in [-0.05, 0) is 32.1 Å². The van der Waals surface area contributed by atoms with Crippen molar-refractivity contribution in [3.8, 4) is 0 Å². The van der Waals surface area contributed by atoms with Crippen LogP contribution in [0.2, 0.25) is 0 Å². The molecule has 0 aliphatic rings. The number of rotatable bonds is 13. The SMILES string of the molecule is CCCCCCC/C=C/CCCC(CC(=O)O)C(=O)O.[Hg][c]1ccccc1.[Hg][c]1ccccc1. The van der Waals surface area contributed by atoms with Gasteiger partial charge < -0.3 is 10.2 Å². The summed E-state index contributed by atoms with van der Waals surface area (Å²) >= 11 is 1.62. The topological polar surface area (TPSA) is 74.6 Å². The number of carbonyl (C=O) groups is 2. The molecule has 6 heteroatoms. The van der Waals surface area contributed by atoms with Gasteiger partial charge in [0, 0.05) is 0 Å². The molecule has 2 rings (SSSR count). The van der Waals surface area contributed by atoms with Crippen LogP contribution in [0.25, 0.3) is 0 Å². The summed E-state index contributed by atoms with van der Waals surface area (Å²) in [6, 6.07) is 21.1. The second-order valence-electron chi connectivity index (χ2n) is 8.21. The molecule has 0 amide bonds. The van der Waals surface area contributed by atoms with E-state index in [1.165, 1.54) is 38.2 Å². The molecule has 2 aromatic rings. The van der Waals surface area contributed by atoms with Crippen LogP contribution < -0.4 is 6.14 Å². The molecule has 0 fully saturated rings. The van der Waals surface area contributed by atoms with E-state index in [-0.39, 0.29) is 6.42 Å². The quantitative estimate of drug-likeness (QED) is 0.148. The summed E-state index contributed by atoms with van der Waals surface area (Å²) in [4.78, 5) is 21.4. The zero-order valence-electron chi connectivity index (χ0n) is 20.7. The van der Waals surface area contributed by atoms with E-state index >= 15 is 0 Å². The van der Waals surface area contributed by atoms with Crippen molar-refractivity contribution in [3.05, 3.63) is 72.8 Å². The Morgan fingerprint density at radius 1 is 0.765 bits per heavy atom. The molecule has 178 valence electrons. The van der Waals surface area contributed by atoms with Gasteiger partial charge in [0.15, 0.2) is 0 Å². The van der Waals surface area contributed by atoms with Crippen LogP contribution in [0, 0.1) is 5.92 Å². The number of carboxylic acids is 2.